The number of imide groups is 2. The fraction of sp³-hybridized carbons (Fsp3) is 0.0526. The Morgan fingerprint density at radius 1 is 1.20 bits per heavy atom. The van der Waals surface area contributed by atoms with Crippen LogP contribution in [0.2, 0.25) is 0 Å². The summed E-state index contributed by atoms with van der Waals surface area (Å²) in [7, 11) is 1.29. The first kappa shape index (κ1) is 20.2. The van der Waals surface area contributed by atoms with E-state index >= 15 is 0 Å². The third-order valence-corrected chi connectivity index (χ3v) is 4.17. The number of hydrogen-bond donors (Lipinski definition) is 2. The van der Waals surface area contributed by atoms with Crippen molar-refractivity contribution in [3.05, 3.63) is 69.3 Å². The smallest absolute Gasteiger partial charge is 0.339 e. The zero-order valence-corrected chi connectivity index (χ0v) is 15.3. The number of nitro groups is 1. The van der Waals surface area contributed by atoms with Gasteiger partial charge < -0.3 is 9.84 Å². The molecule has 0 saturated carbocycles. The lowest BCUT2D eigenvalue weighted by atomic mass is 10.0. The molecule has 152 valence electrons. The Hall–Kier alpha value is -4.54. The number of hydrogen-bond acceptors (Lipinski definition) is 7. The van der Waals surface area contributed by atoms with Gasteiger partial charge in [-0.1, -0.05) is 12.1 Å². The molecule has 4 amide bonds. The Morgan fingerprint density at radius 2 is 1.93 bits per heavy atom. The highest BCUT2D eigenvalue weighted by molar-refractivity contribution is 6.39. The van der Waals surface area contributed by atoms with E-state index in [4.69, 9.17) is 4.74 Å². The first-order chi connectivity index (χ1) is 14.2. The van der Waals surface area contributed by atoms with Crippen LogP contribution < -0.4 is 15.0 Å². The van der Waals surface area contributed by atoms with E-state index in [9.17, 15) is 34.4 Å². The third-order valence-electron chi connectivity index (χ3n) is 4.17. The highest BCUT2D eigenvalue weighted by Gasteiger charge is 2.37. The maximum absolute atomic E-state index is 12.8. The van der Waals surface area contributed by atoms with Crippen LogP contribution in [-0.4, -0.2) is 41.0 Å². The number of carbonyl (C=O) groups is 4. The molecule has 0 spiro atoms. The zero-order chi connectivity index (χ0) is 22.0. The Bertz CT molecular complexity index is 1140. The van der Waals surface area contributed by atoms with E-state index in [1.165, 1.54) is 43.5 Å². The van der Waals surface area contributed by atoms with Crippen LogP contribution in [-0.2, 0) is 9.59 Å². The van der Waals surface area contributed by atoms with E-state index in [1.54, 1.807) is 0 Å². The molecule has 1 fully saturated rings. The summed E-state index contributed by atoms with van der Waals surface area (Å²) in [5.74, 6) is -3.20. The lowest BCUT2D eigenvalue weighted by molar-refractivity contribution is -0.384. The number of ether oxygens (including phenoxy) is 1. The number of carboxylic acids is 1. The lowest BCUT2D eigenvalue weighted by Crippen LogP contribution is -2.54. The molecule has 2 aromatic rings. The molecule has 1 aliphatic heterocycles. The molecule has 2 N–H and O–H groups in total. The van der Waals surface area contributed by atoms with Gasteiger partial charge in [-0.3, -0.25) is 25.0 Å². The molecule has 0 aliphatic carbocycles. The van der Waals surface area contributed by atoms with Crippen molar-refractivity contribution in [2.24, 2.45) is 0 Å². The molecule has 0 atom stereocenters. The highest BCUT2D eigenvalue weighted by Crippen LogP contribution is 2.26. The predicted molar refractivity (Wildman–Crippen MR) is 102 cm³/mol. The van der Waals surface area contributed by atoms with Gasteiger partial charge in [0.05, 0.1) is 17.7 Å². The number of rotatable bonds is 5. The molecule has 0 aromatic heterocycles. The molecule has 11 nitrogen and oxygen atoms in total. The highest BCUT2D eigenvalue weighted by atomic mass is 16.6. The van der Waals surface area contributed by atoms with Gasteiger partial charge in [-0.2, -0.15) is 0 Å². The van der Waals surface area contributed by atoms with Crippen molar-refractivity contribution in [2.45, 2.75) is 0 Å². The van der Waals surface area contributed by atoms with Crippen LogP contribution in [0, 0.1) is 10.1 Å². The van der Waals surface area contributed by atoms with Gasteiger partial charge in [0, 0.05) is 12.1 Å². The fourth-order valence-electron chi connectivity index (χ4n) is 2.79. The van der Waals surface area contributed by atoms with Gasteiger partial charge in [0.1, 0.15) is 16.9 Å². The number of aromatic carboxylic acids is 1. The molecule has 1 aliphatic rings. The molecule has 1 heterocycles. The summed E-state index contributed by atoms with van der Waals surface area (Å²) in [6, 6.07) is 7.69. The van der Waals surface area contributed by atoms with Gasteiger partial charge in [0.15, 0.2) is 0 Å². The molecule has 30 heavy (non-hydrogen) atoms. The number of carboxylic acid groups (broad SMARTS) is 1. The van der Waals surface area contributed by atoms with Crippen molar-refractivity contribution in [3.63, 3.8) is 0 Å². The third kappa shape index (κ3) is 3.71. The summed E-state index contributed by atoms with van der Waals surface area (Å²) in [6.07, 6.45) is 1.11. The van der Waals surface area contributed by atoms with Crippen molar-refractivity contribution in [3.8, 4) is 5.75 Å². The van der Waals surface area contributed by atoms with Crippen molar-refractivity contribution >= 4 is 41.3 Å². The van der Waals surface area contributed by atoms with Gasteiger partial charge in [0.25, 0.3) is 17.5 Å². The number of urea groups is 1. The molecule has 1 saturated heterocycles. The monoisotopic (exact) mass is 411 g/mol. The molecule has 0 radical (unpaired) electrons. The van der Waals surface area contributed by atoms with Crippen molar-refractivity contribution in [1.82, 2.24) is 5.32 Å². The van der Waals surface area contributed by atoms with Crippen LogP contribution in [0.15, 0.2) is 48.0 Å². The summed E-state index contributed by atoms with van der Waals surface area (Å²) >= 11 is 0. The van der Waals surface area contributed by atoms with Crippen molar-refractivity contribution < 1.29 is 33.9 Å². The van der Waals surface area contributed by atoms with Crippen LogP contribution >= 0.6 is 0 Å². The van der Waals surface area contributed by atoms with E-state index in [2.05, 4.69) is 0 Å². The number of amides is 4. The van der Waals surface area contributed by atoms with Gasteiger partial charge in [-0.25, -0.2) is 14.5 Å². The molecular formula is C19H13N3O8. The maximum atomic E-state index is 12.8. The number of methoxy groups -OCH3 is 1. The number of nitro benzene ring substituents is 1. The van der Waals surface area contributed by atoms with Crippen LogP contribution in [0.3, 0.4) is 0 Å². The molecule has 0 unspecified atom stereocenters. The number of barbiturate groups is 1. The maximum Gasteiger partial charge on any atom is 0.339 e. The van der Waals surface area contributed by atoms with E-state index in [0.717, 1.165) is 12.1 Å². The number of nitrogens with one attached hydrogen (secondary N) is 1. The average Bonchev–Trinajstić information content (AvgIpc) is 2.71. The summed E-state index contributed by atoms with van der Waals surface area (Å²) in [5.41, 5.74) is -0.910. The number of non-ortho nitro benzene ring substituents is 1. The molecule has 3 rings (SSSR count). The number of anilines is 1. The van der Waals surface area contributed by atoms with Crippen LogP contribution in [0.1, 0.15) is 15.9 Å². The molecule has 0 bridgehead atoms. The summed E-state index contributed by atoms with van der Waals surface area (Å²) in [6.45, 7) is 0. The number of benzene rings is 2. The average molecular weight is 411 g/mol. The lowest BCUT2D eigenvalue weighted by Gasteiger charge is -2.26. The molecule has 11 heteroatoms. The number of nitrogens with zero attached hydrogens (tertiary/aromatic N) is 2. The first-order valence-corrected chi connectivity index (χ1v) is 8.30. The van der Waals surface area contributed by atoms with E-state index in [-0.39, 0.29) is 28.3 Å². The van der Waals surface area contributed by atoms with E-state index < -0.39 is 34.3 Å². The second-order valence-corrected chi connectivity index (χ2v) is 6.00. The van der Waals surface area contributed by atoms with Gasteiger partial charge in [-0.15, -0.1) is 0 Å². The first-order valence-electron chi connectivity index (χ1n) is 8.30. The summed E-state index contributed by atoms with van der Waals surface area (Å²) in [4.78, 5) is 59.5. The molecular weight excluding hydrogens is 398 g/mol. The topological polar surface area (TPSA) is 156 Å². The van der Waals surface area contributed by atoms with Crippen molar-refractivity contribution in [2.75, 3.05) is 12.0 Å². The second kappa shape index (κ2) is 7.83. The van der Waals surface area contributed by atoms with Crippen molar-refractivity contribution in [1.29, 1.82) is 0 Å². The largest absolute Gasteiger partial charge is 0.496 e. The van der Waals surface area contributed by atoms with E-state index in [1.807, 2.05) is 5.32 Å². The van der Waals surface area contributed by atoms with Gasteiger partial charge >= 0.3 is 12.0 Å². The predicted octanol–water partition coefficient (Wildman–Crippen LogP) is 1.97. The standard InChI is InChI=1S/C19H13N3O8/c1-30-15-6-5-10(7-13(15)18(25)26)8-14-16(23)20-19(27)21(17(14)24)11-3-2-4-12(9-11)22(28)29/h2-9H,1H3,(H,25,26)(H,20,23,27)/b14-8-. The Kier molecular flexibility index (Phi) is 5.27. The minimum absolute atomic E-state index is 0.0810. The molecule has 2 aromatic carbocycles. The normalized spacial score (nSPS) is 15.2. The SMILES string of the molecule is COc1ccc(/C=C2/C(=O)NC(=O)N(c3cccc([N+](=O)[O-])c3)C2=O)cc1C(=O)O. The zero-order valence-electron chi connectivity index (χ0n) is 15.3. The quantitative estimate of drug-likeness (QED) is 0.327. The van der Waals surface area contributed by atoms with Crippen LogP contribution in [0.4, 0.5) is 16.2 Å². The van der Waals surface area contributed by atoms with Gasteiger partial charge in [-0.05, 0) is 29.8 Å². The van der Waals surface area contributed by atoms with Crippen LogP contribution in [0.25, 0.3) is 6.08 Å². The summed E-state index contributed by atoms with van der Waals surface area (Å²) in [5, 5.41) is 22.2. The van der Waals surface area contributed by atoms with Gasteiger partial charge in [0.2, 0.25) is 0 Å². The second-order valence-electron chi connectivity index (χ2n) is 6.00. The Balaban J connectivity index is 2.05. The van der Waals surface area contributed by atoms with E-state index in [0.29, 0.717) is 4.90 Å². The number of carbonyl (C=O) groups excluding carboxylic acids is 3. The Morgan fingerprint density at radius 3 is 2.57 bits per heavy atom. The minimum atomic E-state index is -1.28. The van der Waals surface area contributed by atoms with Crippen LogP contribution in [0.5, 0.6) is 5.75 Å². The minimum Gasteiger partial charge on any atom is -0.496 e. The Labute approximate surface area is 168 Å². The fourth-order valence-corrected chi connectivity index (χ4v) is 2.79. The summed E-state index contributed by atoms with van der Waals surface area (Å²) < 4.78 is 4.96.